The van der Waals surface area contributed by atoms with E-state index in [0.29, 0.717) is 6.54 Å². The summed E-state index contributed by atoms with van der Waals surface area (Å²) in [6, 6.07) is 5.98. The smallest absolute Gasteiger partial charge is 0.238 e. The summed E-state index contributed by atoms with van der Waals surface area (Å²) in [6.07, 6.45) is -0.123. The topological polar surface area (TPSA) is 125 Å². The van der Waals surface area contributed by atoms with E-state index in [-0.39, 0.29) is 29.9 Å². The van der Waals surface area contributed by atoms with Gasteiger partial charge in [-0.15, -0.1) is 0 Å². The largest absolute Gasteiger partial charge is 0.380 e. The Hall–Kier alpha value is -1.48. The van der Waals surface area contributed by atoms with E-state index in [1.165, 1.54) is 19.2 Å². The lowest BCUT2D eigenvalue weighted by Gasteiger charge is -2.12. The molecule has 0 aliphatic rings. The highest BCUT2D eigenvalue weighted by Gasteiger charge is 2.11. The Balaban J connectivity index is 2.52. The predicted molar refractivity (Wildman–Crippen MR) is 74.1 cm³/mol. The second-order valence-corrected chi connectivity index (χ2v) is 5.82. The van der Waals surface area contributed by atoms with Gasteiger partial charge < -0.3 is 15.8 Å². The summed E-state index contributed by atoms with van der Waals surface area (Å²) in [4.78, 5) is 11.6. The zero-order valence-electron chi connectivity index (χ0n) is 11.2. The number of carbonyl (C=O) groups excluding carboxylic acids is 1. The van der Waals surface area contributed by atoms with Gasteiger partial charge in [0.05, 0.1) is 17.4 Å². The summed E-state index contributed by atoms with van der Waals surface area (Å²) in [5, 5.41) is 7.69. The molecule has 8 heteroatoms. The number of nitrogens with two attached hydrogens (primary N) is 2. The molecule has 0 aliphatic heterocycles. The summed E-state index contributed by atoms with van der Waals surface area (Å²) in [5.74, 6) is -0.183. The molecular formula is C12H19N3O4S. The van der Waals surface area contributed by atoms with Crippen LogP contribution in [0.1, 0.15) is 12.0 Å². The van der Waals surface area contributed by atoms with E-state index >= 15 is 0 Å². The molecule has 1 atom stereocenters. The van der Waals surface area contributed by atoms with Crippen molar-refractivity contribution in [1.82, 2.24) is 5.32 Å². The van der Waals surface area contributed by atoms with Crippen molar-refractivity contribution >= 4 is 15.9 Å². The predicted octanol–water partition coefficient (Wildman–Crippen LogP) is -0.686. The van der Waals surface area contributed by atoms with Crippen LogP contribution in [0.15, 0.2) is 29.2 Å². The van der Waals surface area contributed by atoms with Crippen molar-refractivity contribution in [3.05, 3.63) is 29.8 Å². The third kappa shape index (κ3) is 5.25. The average molecular weight is 301 g/mol. The highest BCUT2D eigenvalue weighted by Crippen LogP contribution is 2.08. The Morgan fingerprint density at radius 1 is 1.35 bits per heavy atom. The molecule has 112 valence electrons. The molecule has 1 aromatic carbocycles. The van der Waals surface area contributed by atoms with Gasteiger partial charge in [0.15, 0.2) is 0 Å². The number of hydrogen-bond acceptors (Lipinski definition) is 5. The van der Waals surface area contributed by atoms with E-state index in [1.807, 2.05) is 0 Å². The van der Waals surface area contributed by atoms with Crippen LogP contribution in [0.2, 0.25) is 0 Å². The minimum atomic E-state index is -3.69. The number of carbonyl (C=O) groups is 1. The molecule has 0 aliphatic carbocycles. The summed E-state index contributed by atoms with van der Waals surface area (Å²) in [5.41, 5.74) is 6.19. The van der Waals surface area contributed by atoms with E-state index in [9.17, 15) is 13.2 Å². The zero-order valence-corrected chi connectivity index (χ0v) is 12.0. The first-order valence-electron chi connectivity index (χ1n) is 5.98. The van der Waals surface area contributed by atoms with Crippen LogP contribution in [0.4, 0.5) is 0 Å². The van der Waals surface area contributed by atoms with E-state index in [1.54, 1.807) is 12.1 Å². The second kappa shape index (κ2) is 7.34. The lowest BCUT2D eigenvalue weighted by atomic mass is 10.2. The number of benzene rings is 1. The summed E-state index contributed by atoms with van der Waals surface area (Å²) >= 11 is 0. The SMILES string of the molecule is COC(CN)CC(=O)NCc1ccc(S(N)(=O)=O)cc1. The van der Waals surface area contributed by atoms with Gasteiger partial charge in [0, 0.05) is 20.2 Å². The third-order valence-electron chi connectivity index (χ3n) is 2.75. The maximum atomic E-state index is 11.6. The molecule has 0 fully saturated rings. The fraction of sp³-hybridized carbons (Fsp3) is 0.417. The van der Waals surface area contributed by atoms with Crippen molar-refractivity contribution in [2.45, 2.75) is 24.0 Å². The van der Waals surface area contributed by atoms with Gasteiger partial charge in [0.1, 0.15) is 0 Å². The monoisotopic (exact) mass is 301 g/mol. The molecule has 1 aromatic rings. The van der Waals surface area contributed by atoms with Crippen molar-refractivity contribution in [1.29, 1.82) is 0 Å². The standard InChI is InChI=1S/C12H19N3O4S/c1-19-10(7-13)6-12(16)15-8-9-2-4-11(5-3-9)20(14,17)18/h2-5,10H,6-8,13H2,1H3,(H,15,16)(H2,14,17,18). The van der Waals surface area contributed by atoms with E-state index in [4.69, 9.17) is 15.6 Å². The Bertz CT molecular complexity index is 538. The van der Waals surface area contributed by atoms with Crippen LogP contribution in [-0.4, -0.2) is 34.1 Å². The molecule has 0 saturated heterocycles. The third-order valence-corrected chi connectivity index (χ3v) is 3.68. The zero-order chi connectivity index (χ0) is 15.2. The lowest BCUT2D eigenvalue weighted by Crippen LogP contribution is -2.31. The number of hydrogen-bond donors (Lipinski definition) is 3. The highest BCUT2D eigenvalue weighted by atomic mass is 32.2. The fourth-order valence-corrected chi connectivity index (χ4v) is 2.05. The lowest BCUT2D eigenvalue weighted by molar-refractivity contribution is -0.123. The van der Waals surface area contributed by atoms with Crippen LogP contribution >= 0.6 is 0 Å². The molecule has 0 radical (unpaired) electrons. The van der Waals surface area contributed by atoms with Gasteiger partial charge in [-0.05, 0) is 17.7 Å². The number of rotatable bonds is 7. The molecule has 7 nitrogen and oxygen atoms in total. The Morgan fingerprint density at radius 2 is 1.95 bits per heavy atom. The summed E-state index contributed by atoms with van der Waals surface area (Å²) in [7, 11) is -2.19. The fourth-order valence-electron chi connectivity index (χ4n) is 1.54. The van der Waals surface area contributed by atoms with Gasteiger partial charge in [-0.1, -0.05) is 12.1 Å². The highest BCUT2D eigenvalue weighted by molar-refractivity contribution is 7.89. The molecule has 5 N–H and O–H groups in total. The summed E-state index contributed by atoms with van der Waals surface area (Å²) in [6.45, 7) is 0.567. The van der Waals surface area contributed by atoms with Crippen LogP contribution in [-0.2, 0) is 26.1 Å². The van der Waals surface area contributed by atoms with Crippen LogP contribution in [0.25, 0.3) is 0 Å². The molecule has 1 unspecified atom stereocenters. The van der Waals surface area contributed by atoms with Gasteiger partial charge in [0.25, 0.3) is 0 Å². The Labute approximate surface area is 118 Å². The van der Waals surface area contributed by atoms with Gasteiger partial charge in [0.2, 0.25) is 15.9 Å². The number of ether oxygens (including phenoxy) is 1. The van der Waals surface area contributed by atoms with Crippen molar-refractivity contribution in [2.75, 3.05) is 13.7 Å². The molecule has 0 heterocycles. The maximum absolute atomic E-state index is 11.6. The molecule has 1 rings (SSSR count). The first-order chi connectivity index (χ1) is 9.36. The number of nitrogens with one attached hydrogen (secondary N) is 1. The number of sulfonamides is 1. The minimum absolute atomic E-state index is 0.0372. The normalized spacial score (nSPS) is 12.9. The van der Waals surface area contributed by atoms with Crippen molar-refractivity contribution < 1.29 is 17.9 Å². The van der Waals surface area contributed by atoms with Crippen molar-refractivity contribution in [3.8, 4) is 0 Å². The van der Waals surface area contributed by atoms with Gasteiger partial charge >= 0.3 is 0 Å². The quantitative estimate of drug-likeness (QED) is 0.615. The number of primary sulfonamides is 1. The molecule has 0 bridgehead atoms. The van der Waals surface area contributed by atoms with E-state index in [2.05, 4.69) is 5.32 Å². The van der Waals surface area contributed by atoms with Crippen LogP contribution in [0, 0.1) is 0 Å². The minimum Gasteiger partial charge on any atom is -0.380 e. The maximum Gasteiger partial charge on any atom is 0.238 e. The van der Waals surface area contributed by atoms with Gasteiger partial charge in [-0.2, -0.15) is 0 Å². The number of amides is 1. The molecule has 0 spiro atoms. The first kappa shape index (κ1) is 16.6. The van der Waals surface area contributed by atoms with Crippen LogP contribution in [0.5, 0.6) is 0 Å². The average Bonchev–Trinajstić information content (AvgIpc) is 2.42. The number of methoxy groups -OCH3 is 1. The molecular weight excluding hydrogens is 282 g/mol. The van der Waals surface area contributed by atoms with Crippen LogP contribution < -0.4 is 16.2 Å². The van der Waals surface area contributed by atoms with Crippen molar-refractivity contribution in [3.63, 3.8) is 0 Å². The van der Waals surface area contributed by atoms with Crippen molar-refractivity contribution in [2.24, 2.45) is 10.9 Å². The van der Waals surface area contributed by atoms with E-state index in [0.717, 1.165) is 5.56 Å². The van der Waals surface area contributed by atoms with E-state index < -0.39 is 10.0 Å². The summed E-state index contributed by atoms with van der Waals surface area (Å²) < 4.78 is 27.2. The molecule has 0 aromatic heterocycles. The molecule has 20 heavy (non-hydrogen) atoms. The Morgan fingerprint density at radius 3 is 2.40 bits per heavy atom. The Kier molecular flexibility index (Phi) is 6.08. The first-order valence-corrected chi connectivity index (χ1v) is 7.52. The van der Waals surface area contributed by atoms with Gasteiger partial charge in [-0.3, -0.25) is 4.79 Å². The molecule has 1 amide bonds. The van der Waals surface area contributed by atoms with Gasteiger partial charge in [-0.25, -0.2) is 13.6 Å². The second-order valence-electron chi connectivity index (χ2n) is 4.26. The molecule has 0 saturated carbocycles. The van der Waals surface area contributed by atoms with Crippen LogP contribution in [0.3, 0.4) is 0 Å².